The number of hydrogen-bond acceptors (Lipinski definition) is 2. The SMILES string of the molecule is CC(O)(Cc1ccc(Cl)c(Cl)c1)c1cncc(F)c1. The molecule has 0 aliphatic heterocycles. The Bertz CT molecular complexity index is 602. The third-order valence-corrected chi connectivity index (χ3v) is 3.60. The molecule has 1 aromatic heterocycles. The van der Waals surface area contributed by atoms with Gasteiger partial charge in [-0.2, -0.15) is 0 Å². The fraction of sp³-hybridized carbons (Fsp3) is 0.214. The molecule has 1 N–H and O–H groups in total. The van der Waals surface area contributed by atoms with Crippen molar-refractivity contribution in [3.63, 3.8) is 0 Å². The van der Waals surface area contributed by atoms with Gasteiger partial charge in [-0.15, -0.1) is 0 Å². The van der Waals surface area contributed by atoms with Crippen LogP contribution in [0.25, 0.3) is 0 Å². The summed E-state index contributed by atoms with van der Waals surface area (Å²) in [4.78, 5) is 3.74. The van der Waals surface area contributed by atoms with E-state index in [1.807, 2.05) is 0 Å². The van der Waals surface area contributed by atoms with Crippen LogP contribution in [0.15, 0.2) is 36.7 Å². The first-order chi connectivity index (χ1) is 8.88. The van der Waals surface area contributed by atoms with Crippen molar-refractivity contribution in [1.29, 1.82) is 0 Å². The fourth-order valence-electron chi connectivity index (χ4n) is 1.86. The van der Waals surface area contributed by atoms with E-state index < -0.39 is 11.4 Å². The number of aliphatic hydroxyl groups is 1. The fourth-order valence-corrected chi connectivity index (χ4v) is 2.18. The first kappa shape index (κ1) is 14.3. The Morgan fingerprint density at radius 1 is 1.21 bits per heavy atom. The number of benzene rings is 1. The lowest BCUT2D eigenvalue weighted by atomic mass is 9.90. The Morgan fingerprint density at radius 3 is 2.58 bits per heavy atom. The van der Waals surface area contributed by atoms with Crippen molar-refractivity contribution in [2.24, 2.45) is 0 Å². The molecule has 1 aromatic carbocycles. The quantitative estimate of drug-likeness (QED) is 0.930. The third-order valence-electron chi connectivity index (χ3n) is 2.86. The van der Waals surface area contributed by atoms with Crippen molar-refractivity contribution >= 4 is 23.2 Å². The number of rotatable bonds is 3. The van der Waals surface area contributed by atoms with Crippen LogP contribution >= 0.6 is 23.2 Å². The Hall–Kier alpha value is -1.16. The van der Waals surface area contributed by atoms with E-state index in [2.05, 4.69) is 4.98 Å². The average Bonchev–Trinajstić information content (AvgIpc) is 2.33. The standard InChI is InChI=1S/C14H12Cl2FNO/c1-14(19,10-5-11(17)8-18-7-10)6-9-2-3-12(15)13(16)4-9/h2-5,7-8,19H,6H2,1H3. The Kier molecular flexibility index (Phi) is 4.09. The first-order valence-corrected chi connectivity index (χ1v) is 6.41. The summed E-state index contributed by atoms with van der Waals surface area (Å²) < 4.78 is 13.1. The van der Waals surface area contributed by atoms with Gasteiger partial charge in [0.15, 0.2) is 0 Å². The molecule has 1 heterocycles. The summed E-state index contributed by atoms with van der Waals surface area (Å²) in [6, 6.07) is 6.39. The minimum Gasteiger partial charge on any atom is -0.385 e. The second-order valence-electron chi connectivity index (χ2n) is 4.59. The molecule has 19 heavy (non-hydrogen) atoms. The summed E-state index contributed by atoms with van der Waals surface area (Å²) in [7, 11) is 0. The van der Waals surface area contributed by atoms with Gasteiger partial charge in [0, 0.05) is 18.2 Å². The molecule has 0 fully saturated rings. The van der Waals surface area contributed by atoms with Gasteiger partial charge in [0.25, 0.3) is 0 Å². The van der Waals surface area contributed by atoms with E-state index in [1.54, 1.807) is 25.1 Å². The van der Waals surface area contributed by atoms with Crippen LogP contribution in [0.2, 0.25) is 10.0 Å². The van der Waals surface area contributed by atoms with Gasteiger partial charge in [0.2, 0.25) is 0 Å². The van der Waals surface area contributed by atoms with E-state index in [-0.39, 0.29) is 6.42 Å². The number of halogens is 3. The van der Waals surface area contributed by atoms with Crippen LogP contribution in [0.1, 0.15) is 18.1 Å². The smallest absolute Gasteiger partial charge is 0.141 e. The van der Waals surface area contributed by atoms with Crippen LogP contribution in [0.3, 0.4) is 0 Å². The highest BCUT2D eigenvalue weighted by Gasteiger charge is 2.24. The molecule has 0 radical (unpaired) electrons. The molecular formula is C14H12Cl2FNO. The molecule has 1 unspecified atom stereocenters. The highest BCUT2D eigenvalue weighted by atomic mass is 35.5. The normalized spacial score (nSPS) is 14.2. The monoisotopic (exact) mass is 299 g/mol. The summed E-state index contributed by atoms with van der Waals surface area (Å²) in [5, 5.41) is 11.3. The van der Waals surface area contributed by atoms with E-state index in [0.29, 0.717) is 15.6 Å². The lowest BCUT2D eigenvalue weighted by Crippen LogP contribution is -2.24. The summed E-state index contributed by atoms with van der Waals surface area (Å²) in [5.74, 6) is -0.480. The van der Waals surface area contributed by atoms with Crippen molar-refractivity contribution in [2.75, 3.05) is 0 Å². The van der Waals surface area contributed by atoms with Crippen molar-refractivity contribution < 1.29 is 9.50 Å². The Morgan fingerprint density at radius 2 is 1.95 bits per heavy atom. The van der Waals surface area contributed by atoms with Crippen molar-refractivity contribution in [1.82, 2.24) is 4.98 Å². The zero-order chi connectivity index (χ0) is 14.0. The minimum atomic E-state index is -1.23. The number of nitrogens with zero attached hydrogens (tertiary/aromatic N) is 1. The maximum atomic E-state index is 13.1. The molecule has 0 saturated carbocycles. The van der Waals surface area contributed by atoms with Gasteiger partial charge in [0.05, 0.1) is 21.8 Å². The Labute approximate surface area is 120 Å². The van der Waals surface area contributed by atoms with Gasteiger partial charge in [-0.1, -0.05) is 29.3 Å². The van der Waals surface area contributed by atoms with Crippen LogP contribution in [0, 0.1) is 5.82 Å². The van der Waals surface area contributed by atoms with Crippen LogP contribution < -0.4 is 0 Å². The summed E-state index contributed by atoms with van der Waals surface area (Å²) >= 11 is 11.8. The van der Waals surface area contributed by atoms with Crippen LogP contribution in [0.4, 0.5) is 4.39 Å². The van der Waals surface area contributed by atoms with E-state index >= 15 is 0 Å². The van der Waals surface area contributed by atoms with E-state index in [1.165, 1.54) is 12.3 Å². The van der Waals surface area contributed by atoms with Crippen molar-refractivity contribution in [3.05, 3.63) is 63.6 Å². The zero-order valence-electron chi connectivity index (χ0n) is 10.2. The van der Waals surface area contributed by atoms with Crippen LogP contribution in [-0.2, 0) is 12.0 Å². The summed E-state index contributed by atoms with van der Waals surface area (Å²) in [6.07, 6.45) is 2.83. The second-order valence-corrected chi connectivity index (χ2v) is 5.41. The predicted octanol–water partition coefficient (Wildman–Crippen LogP) is 3.98. The molecule has 0 aliphatic rings. The van der Waals surface area contributed by atoms with Crippen LogP contribution in [0.5, 0.6) is 0 Å². The molecule has 2 nitrogen and oxygen atoms in total. The number of aromatic nitrogens is 1. The van der Waals surface area contributed by atoms with Crippen molar-refractivity contribution in [2.45, 2.75) is 18.9 Å². The molecule has 2 aromatic rings. The van der Waals surface area contributed by atoms with Gasteiger partial charge in [0.1, 0.15) is 5.82 Å². The lowest BCUT2D eigenvalue weighted by molar-refractivity contribution is 0.0569. The molecule has 0 amide bonds. The molecule has 2 rings (SSSR count). The molecule has 0 spiro atoms. The molecule has 1 atom stereocenters. The number of pyridine rings is 1. The summed E-state index contributed by atoms with van der Waals surface area (Å²) in [5.41, 5.74) is -0.00561. The van der Waals surface area contributed by atoms with Gasteiger partial charge in [-0.05, 0) is 30.7 Å². The molecular weight excluding hydrogens is 288 g/mol. The maximum absolute atomic E-state index is 13.1. The van der Waals surface area contributed by atoms with Crippen LogP contribution in [-0.4, -0.2) is 10.1 Å². The highest BCUT2D eigenvalue weighted by Crippen LogP contribution is 2.28. The van der Waals surface area contributed by atoms with Gasteiger partial charge < -0.3 is 5.11 Å². The second kappa shape index (κ2) is 5.45. The molecule has 0 bridgehead atoms. The highest BCUT2D eigenvalue weighted by molar-refractivity contribution is 6.42. The average molecular weight is 300 g/mol. The first-order valence-electron chi connectivity index (χ1n) is 5.66. The maximum Gasteiger partial charge on any atom is 0.141 e. The van der Waals surface area contributed by atoms with Gasteiger partial charge in [-0.25, -0.2) is 4.39 Å². The van der Waals surface area contributed by atoms with Gasteiger partial charge in [-0.3, -0.25) is 4.98 Å². The zero-order valence-corrected chi connectivity index (χ0v) is 11.7. The topological polar surface area (TPSA) is 33.1 Å². The van der Waals surface area contributed by atoms with Crippen molar-refractivity contribution in [3.8, 4) is 0 Å². The largest absolute Gasteiger partial charge is 0.385 e. The Balaban J connectivity index is 2.27. The minimum absolute atomic E-state index is 0.287. The number of hydrogen-bond donors (Lipinski definition) is 1. The van der Waals surface area contributed by atoms with E-state index in [4.69, 9.17) is 23.2 Å². The third kappa shape index (κ3) is 3.44. The predicted molar refractivity (Wildman–Crippen MR) is 73.9 cm³/mol. The van der Waals surface area contributed by atoms with Gasteiger partial charge >= 0.3 is 0 Å². The van der Waals surface area contributed by atoms with E-state index in [9.17, 15) is 9.50 Å². The molecule has 0 saturated heterocycles. The molecule has 0 aliphatic carbocycles. The summed E-state index contributed by atoms with van der Waals surface area (Å²) in [6.45, 7) is 1.60. The van der Waals surface area contributed by atoms with E-state index in [0.717, 1.165) is 11.8 Å². The molecule has 5 heteroatoms. The lowest BCUT2D eigenvalue weighted by Gasteiger charge is -2.23. The molecule has 100 valence electrons.